The molecule has 1 heterocycles. The number of carbonyl (C=O) groups is 1. The van der Waals surface area contributed by atoms with Crippen LogP contribution in [0, 0.1) is 10.1 Å². The number of nitrogens with one attached hydrogen (secondary N) is 1. The van der Waals surface area contributed by atoms with Crippen molar-refractivity contribution in [3.05, 3.63) is 39.0 Å². The molecule has 0 aliphatic heterocycles. The molecule has 0 atom stereocenters. The van der Waals surface area contributed by atoms with Crippen molar-refractivity contribution in [3.63, 3.8) is 0 Å². The molecule has 17 heavy (non-hydrogen) atoms. The van der Waals surface area contributed by atoms with Crippen molar-refractivity contribution < 1.29 is 14.5 Å². The second-order valence-electron chi connectivity index (χ2n) is 3.27. The van der Waals surface area contributed by atoms with Crippen LogP contribution in [0.1, 0.15) is 10.4 Å². The van der Waals surface area contributed by atoms with Gasteiger partial charge in [0, 0.05) is 17.6 Å². The number of benzene rings is 1. The summed E-state index contributed by atoms with van der Waals surface area (Å²) >= 11 is 5.99. The molecule has 0 radical (unpaired) electrons. The van der Waals surface area contributed by atoms with E-state index in [0.29, 0.717) is 5.39 Å². The van der Waals surface area contributed by atoms with Crippen LogP contribution in [0.5, 0.6) is 0 Å². The second kappa shape index (κ2) is 4.06. The van der Waals surface area contributed by atoms with Gasteiger partial charge in [0.15, 0.2) is 0 Å². The van der Waals surface area contributed by atoms with Crippen LogP contribution in [0.2, 0.25) is 5.02 Å². The summed E-state index contributed by atoms with van der Waals surface area (Å²) in [4.78, 5) is 24.4. The molecule has 0 bridgehead atoms. The second-order valence-corrected chi connectivity index (χ2v) is 3.65. The number of carbonyl (C=O) groups excluding carboxylic acids is 1. The van der Waals surface area contributed by atoms with E-state index < -0.39 is 10.9 Å². The fourth-order valence-corrected chi connectivity index (χ4v) is 1.87. The van der Waals surface area contributed by atoms with Crippen molar-refractivity contribution in [3.8, 4) is 0 Å². The van der Waals surface area contributed by atoms with Gasteiger partial charge in [0.25, 0.3) is 5.69 Å². The topological polar surface area (TPSA) is 85.2 Å². The first-order valence-corrected chi connectivity index (χ1v) is 4.96. The third kappa shape index (κ3) is 1.72. The summed E-state index contributed by atoms with van der Waals surface area (Å²) in [6.45, 7) is 0. The molecule has 1 aromatic carbocycles. The Morgan fingerprint density at radius 1 is 1.59 bits per heavy atom. The first kappa shape index (κ1) is 11.4. The van der Waals surface area contributed by atoms with Gasteiger partial charge in [-0.2, -0.15) is 0 Å². The van der Waals surface area contributed by atoms with E-state index in [2.05, 4.69) is 9.72 Å². The largest absolute Gasteiger partial charge is 0.465 e. The van der Waals surface area contributed by atoms with E-state index in [1.165, 1.54) is 13.3 Å². The minimum atomic E-state index is -0.707. The molecule has 1 N–H and O–H groups in total. The van der Waals surface area contributed by atoms with E-state index in [1.54, 1.807) is 6.07 Å². The number of methoxy groups -OCH3 is 1. The van der Waals surface area contributed by atoms with Gasteiger partial charge in [-0.05, 0) is 6.07 Å². The zero-order valence-electron chi connectivity index (χ0n) is 8.69. The molecule has 0 saturated heterocycles. The van der Waals surface area contributed by atoms with Gasteiger partial charge >= 0.3 is 5.97 Å². The Hall–Kier alpha value is -2.08. The normalized spacial score (nSPS) is 10.5. The molecule has 2 rings (SSSR count). The average molecular weight is 255 g/mol. The van der Waals surface area contributed by atoms with E-state index in [0.717, 1.165) is 6.07 Å². The predicted molar refractivity (Wildman–Crippen MR) is 61.3 cm³/mol. The molecule has 0 amide bonds. The molecule has 2 aromatic rings. The van der Waals surface area contributed by atoms with Crippen molar-refractivity contribution in [2.45, 2.75) is 0 Å². The Morgan fingerprint density at radius 3 is 2.88 bits per heavy atom. The minimum absolute atomic E-state index is 0.0204. The fraction of sp³-hybridized carbons (Fsp3) is 0.100. The van der Waals surface area contributed by atoms with Crippen LogP contribution < -0.4 is 0 Å². The third-order valence-electron chi connectivity index (χ3n) is 2.36. The van der Waals surface area contributed by atoms with Gasteiger partial charge in [-0.1, -0.05) is 11.6 Å². The molecule has 0 spiro atoms. The van der Waals surface area contributed by atoms with E-state index in [-0.39, 0.29) is 21.8 Å². The Morgan fingerprint density at radius 2 is 2.29 bits per heavy atom. The van der Waals surface area contributed by atoms with Crippen molar-refractivity contribution in [2.24, 2.45) is 0 Å². The summed E-state index contributed by atoms with van der Waals surface area (Å²) in [5, 5.41) is 11.4. The molecule has 0 aliphatic carbocycles. The number of nitro groups is 1. The number of fused-ring (bicyclic) bond motifs is 1. The molecule has 1 aromatic heterocycles. The van der Waals surface area contributed by atoms with Crippen LogP contribution in [0.15, 0.2) is 18.3 Å². The first-order valence-electron chi connectivity index (χ1n) is 4.58. The highest BCUT2D eigenvalue weighted by molar-refractivity contribution is 6.38. The summed E-state index contributed by atoms with van der Waals surface area (Å²) in [6, 6.07) is 2.67. The Labute approximate surface area is 100 Å². The van der Waals surface area contributed by atoms with Gasteiger partial charge in [-0.15, -0.1) is 0 Å². The fourth-order valence-electron chi connectivity index (χ4n) is 1.58. The quantitative estimate of drug-likeness (QED) is 0.507. The Kier molecular flexibility index (Phi) is 2.72. The highest BCUT2D eigenvalue weighted by Crippen LogP contribution is 2.34. The number of aromatic nitrogens is 1. The van der Waals surface area contributed by atoms with Crippen LogP contribution in [-0.4, -0.2) is 23.0 Å². The SMILES string of the molecule is COC(=O)c1cc([N+](=O)[O-])c2[nH]ccc2c1Cl. The highest BCUT2D eigenvalue weighted by Gasteiger charge is 2.22. The van der Waals surface area contributed by atoms with Crippen LogP contribution in [0.25, 0.3) is 10.9 Å². The Bertz CT molecular complexity index is 620. The number of esters is 1. The van der Waals surface area contributed by atoms with Gasteiger partial charge in [-0.25, -0.2) is 4.79 Å². The summed E-state index contributed by atoms with van der Waals surface area (Å²) in [7, 11) is 1.19. The van der Waals surface area contributed by atoms with Gasteiger partial charge in [0.05, 0.1) is 22.6 Å². The monoisotopic (exact) mass is 254 g/mol. The number of aromatic amines is 1. The van der Waals surface area contributed by atoms with Crippen LogP contribution in [0.4, 0.5) is 5.69 Å². The lowest BCUT2D eigenvalue weighted by Gasteiger charge is -2.04. The zero-order chi connectivity index (χ0) is 12.6. The van der Waals surface area contributed by atoms with Gasteiger partial charge in [0.2, 0.25) is 0 Å². The van der Waals surface area contributed by atoms with Crippen molar-refractivity contribution >= 4 is 34.2 Å². The molecule has 6 nitrogen and oxygen atoms in total. The minimum Gasteiger partial charge on any atom is -0.465 e. The zero-order valence-corrected chi connectivity index (χ0v) is 9.45. The number of rotatable bonds is 2. The van der Waals surface area contributed by atoms with Crippen molar-refractivity contribution in [1.82, 2.24) is 4.98 Å². The lowest BCUT2D eigenvalue weighted by Crippen LogP contribution is -2.03. The summed E-state index contributed by atoms with van der Waals surface area (Å²) in [6.07, 6.45) is 1.52. The van der Waals surface area contributed by atoms with E-state index in [9.17, 15) is 14.9 Å². The molecule has 0 saturated carbocycles. The Balaban J connectivity index is 2.82. The van der Waals surface area contributed by atoms with Crippen molar-refractivity contribution in [2.75, 3.05) is 7.11 Å². The maximum atomic E-state index is 11.4. The number of halogens is 1. The number of H-pyrrole nitrogens is 1. The van der Waals surface area contributed by atoms with Gasteiger partial charge < -0.3 is 9.72 Å². The lowest BCUT2D eigenvalue weighted by atomic mass is 10.1. The summed E-state index contributed by atoms with van der Waals surface area (Å²) in [5.74, 6) is -0.707. The lowest BCUT2D eigenvalue weighted by molar-refractivity contribution is -0.383. The van der Waals surface area contributed by atoms with E-state index in [1.807, 2.05) is 0 Å². The number of hydrogen-bond donors (Lipinski definition) is 1. The standard InChI is InChI=1S/C10H7ClN2O4/c1-17-10(14)6-4-7(13(15)16)9-5(8(6)11)2-3-12-9/h2-4,12H,1H3. The number of non-ortho nitro benzene ring substituents is 1. The average Bonchev–Trinajstić information content (AvgIpc) is 2.77. The summed E-state index contributed by atoms with van der Waals surface area (Å²) in [5.41, 5.74) is 0.0513. The molecule has 0 fully saturated rings. The van der Waals surface area contributed by atoms with E-state index >= 15 is 0 Å². The van der Waals surface area contributed by atoms with Crippen molar-refractivity contribution in [1.29, 1.82) is 0 Å². The third-order valence-corrected chi connectivity index (χ3v) is 2.77. The molecule has 0 aliphatic rings. The molecule has 88 valence electrons. The number of ether oxygens (including phenoxy) is 1. The smallest absolute Gasteiger partial charge is 0.339 e. The highest BCUT2D eigenvalue weighted by atomic mass is 35.5. The van der Waals surface area contributed by atoms with E-state index in [4.69, 9.17) is 11.6 Å². The van der Waals surface area contributed by atoms with Gasteiger partial charge in [0.1, 0.15) is 5.52 Å². The van der Waals surface area contributed by atoms with Crippen LogP contribution in [0.3, 0.4) is 0 Å². The molecule has 0 unspecified atom stereocenters. The maximum absolute atomic E-state index is 11.4. The van der Waals surface area contributed by atoms with Crippen LogP contribution >= 0.6 is 11.6 Å². The predicted octanol–water partition coefficient (Wildman–Crippen LogP) is 2.52. The first-order chi connectivity index (χ1) is 8.06. The molecular weight excluding hydrogens is 248 g/mol. The van der Waals surface area contributed by atoms with Gasteiger partial charge in [-0.3, -0.25) is 10.1 Å². The maximum Gasteiger partial charge on any atom is 0.339 e. The summed E-state index contributed by atoms with van der Waals surface area (Å²) < 4.78 is 4.52. The number of nitro benzene ring substituents is 1. The van der Waals surface area contributed by atoms with Crippen LogP contribution in [-0.2, 0) is 4.74 Å². The number of nitrogens with zero attached hydrogens (tertiary/aromatic N) is 1. The number of hydrogen-bond acceptors (Lipinski definition) is 4. The molecular formula is C10H7ClN2O4. The molecule has 7 heteroatoms.